The minimum atomic E-state index is 0.218. The van der Waals surface area contributed by atoms with Gasteiger partial charge in [0.15, 0.2) is 0 Å². The van der Waals surface area contributed by atoms with E-state index in [9.17, 15) is 4.79 Å². The Labute approximate surface area is 122 Å². The zero-order valence-electron chi connectivity index (χ0n) is 11.5. The van der Waals surface area contributed by atoms with Crippen molar-refractivity contribution in [2.45, 2.75) is 49.7 Å². The molecular weight excluding hydrogens is 274 g/mol. The lowest BCUT2D eigenvalue weighted by atomic mass is 9.78. The van der Waals surface area contributed by atoms with E-state index in [2.05, 4.69) is 20.1 Å². The summed E-state index contributed by atoms with van der Waals surface area (Å²) in [5.74, 6) is 1.64. The van der Waals surface area contributed by atoms with Gasteiger partial charge in [-0.15, -0.1) is 5.10 Å². The van der Waals surface area contributed by atoms with Crippen molar-refractivity contribution in [1.82, 2.24) is 20.1 Å². The number of carbonyl (C=O) groups excluding carboxylic acids is 1. The molecule has 1 saturated carbocycles. The van der Waals surface area contributed by atoms with Gasteiger partial charge in [-0.05, 0) is 31.6 Å². The van der Waals surface area contributed by atoms with E-state index in [1.54, 1.807) is 0 Å². The average molecular weight is 295 g/mol. The first-order chi connectivity index (χ1) is 9.74. The van der Waals surface area contributed by atoms with Crippen LogP contribution in [-0.4, -0.2) is 44.3 Å². The van der Waals surface area contributed by atoms with Gasteiger partial charge in [0.25, 0.3) is 0 Å². The van der Waals surface area contributed by atoms with Crippen LogP contribution in [0.25, 0.3) is 0 Å². The number of anilines is 1. The molecule has 3 N–H and O–H groups in total. The van der Waals surface area contributed by atoms with Gasteiger partial charge in [-0.3, -0.25) is 4.79 Å². The number of fused-ring (bicyclic) bond motifs is 1. The summed E-state index contributed by atoms with van der Waals surface area (Å²) in [5, 5.41) is 7.08. The zero-order chi connectivity index (χ0) is 13.9. The third-order valence-electron chi connectivity index (χ3n) is 4.37. The highest BCUT2D eigenvalue weighted by Crippen LogP contribution is 2.35. The first kappa shape index (κ1) is 13.7. The van der Waals surface area contributed by atoms with Crippen LogP contribution in [0.4, 0.5) is 5.95 Å². The second kappa shape index (κ2) is 6.03. The fourth-order valence-corrected chi connectivity index (χ4v) is 4.16. The largest absolute Gasteiger partial charge is 0.368 e. The number of nitrogens with two attached hydrogens (primary N) is 1. The van der Waals surface area contributed by atoms with Gasteiger partial charge in [0.1, 0.15) is 0 Å². The van der Waals surface area contributed by atoms with Crippen LogP contribution in [0.1, 0.15) is 38.5 Å². The number of hydrogen-bond donors (Lipinski definition) is 2. The Morgan fingerprint density at radius 1 is 1.35 bits per heavy atom. The summed E-state index contributed by atoms with van der Waals surface area (Å²) in [6, 6.07) is 0.475. The monoisotopic (exact) mass is 295 g/mol. The summed E-state index contributed by atoms with van der Waals surface area (Å²) in [6.07, 6.45) is 7.49. The van der Waals surface area contributed by atoms with E-state index in [0.717, 1.165) is 18.9 Å². The number of nitrogens with zero attached hydrogens (tertiary/aromatic N) is 3. The Morgan fingerprint density at radius 3 is 2.95 bits per heavy atom. The van der Waals surface area contributed by atoms with Crippen molar-refractivity contribution < 1.29 is 4.79 Å². The van der Waals surface area contributed by atoms with Gasteiger partial charge >= 0.3 is 0 Å². The van der Waals surface area contributed by atoms with Gasteiger partial charge in [-0.1, -0.05) is 24.6 Å². The predicted molar refractivity (Wildman–Crippen MR) is 78.2 cm³/mol. The van der Waals surface area contributed by atoms with Gasteiger partial charge in [0.05, 0.1) is 5.75 Å². The number of hydrogen-bond acceptors (Lipinski definition) is 5. The molecular formula is C13H21N5OS. The summed E-state index contributed by atoms with van der Waals surface area (Å²) in [6.45, 7) is 0.913. The Bertz CT molecular complexity index is 475. The Kier molecular flexibility index (Phi) is 4.14. The third kappa shape index (κ3) is 2.92. The molecule has 0 radical (unpaired) electrons. The highest BCUT2D eigenvalue weighted by molar-refractivity contribution is 7.99. The number of H-pyrrole nitrogens is 1. The van der Waals surface area contributed by atoms with Crippen LogP contribution in [0, 0.1) is 5.92 Å². The maximum absolute atomic E-state index is 12.4. The van der Waals surface area contributed by atoms with E-state index in [-0.39, 0.29) is 5.91 Å². The molecule has 1 aromatic rings. The summed E-state index contributed by atoms with van der Waals surface area (Å²) >= 11 is 1.36. The molecule has 1 aliphatic heterocycles. The molecule has 6 nitrogen and oxygen atoms in total. The van der Waals surface area contributed by atoms with Crippen molar-refractivity contribution in [3.05, 3.63) is 0 Å². The van der Waals surface area contributed by atoms with Crippen molar-refractivity contribution in [1.29, 1.82) is 0 Å². The lowest BCUT2D eigenvalue weighted by Gasteiger charge is -2.44. The van der Waals surface area contributed by atoms with Crippen LogP contribution in [0.5, 0.6) is 0 Å². The Hall–Kier alpha value is -1.24. The van der Waals surface area contributed by atoms with E-state index in [1.807, 2.05) is 0 Å². The van der Waals surface area contributed by atoms with Gasteiger partial charge in [-0.25, -0.2) is 5.10 Å². The maximum Gasteiger partial charge on any atom is 0.233 e. The van der Waals surface area contributed by atoms with E-state index >= 15 is 0 Å². The highest BCUT2D eigenvalue weighted by atomic mass is 32.2. The summed E-state index contributed by atoms with van der Waals surface area (Å²) in [7, 11) is 0. The molecule has 0 bridgehead atoms. The third-order valence-corrected chi connectivity index (χ3v) is 5.20. The second-order valence-electron chi connectivity index (χ2n) is 5.63. The molecule has 0 unspecified atom stereocenters. The van der Waals surface area contributed by atoms with Gasteiger partial charge in [0, 0.05) is 12.6 Å². The fraction of sp³-hybridized carbons (Fsp3) is 0.769. The van der Waals surface area contributed by atoms with Crippen LogP contribution >= 0.6 is 11.8 Å². The normalized spacial score (nSPS) is 26.3. The maximum atomic E-state index is 12.4. The quantitative estimate of drug-likeness (QED) is 0.828. The van der Waals surface area contributed by atoms with Crippen molar-refractivity contribution >= 4 is 23.6 Å². The molecule has 1 saturated heterocycles. The molecule has 2 fully saturated rings. The molecule has 2 atom stereocenters. The lowest BCUT2D eigenvalue weighted by molar-refractivity contribution is -0.134. The first-order valence-corrected chi connectivity index (χ1v) is 8.33. The molecule has 2 heterocycles. The lowest BCUT2D eigenvalue weighted by Crippen LogP contribution is -2.50. The summed E-state index contributed by atoms with van der Waals surface area (Å²) < 4.78 is 0. The van der Waals surface area contributed by atoms with Crippen molar-refractivity contribution in [2.75, 3.05) is 18.0 Å². The first-order valence-electron chi connectivity index (χ1n) is 7.34. The minimum Gasteiger partial charge on any atom is -0.368 e. The van der Waals surface area contributed by atoms with E-state index < -0.39 is 0 Å². The van der Waals surface area contributed by atoms with E-state index in [4.69, 9.17) is 5.73 Å². The van der Waals surface area contributed by atoms with E-state index in [1.165, 1.54) is 43.9 Å². The molecule has 1 aromatic heterocycles. The number of piperidine rings is 1. The number of thioether (sulfide) groups is 1. The van der Waals surface area contributed by atoms with E-state index in [0.29, 0.717) is 22.9 Å². The molecule has 20 heavy (non-hydrogen) atoms. The zero-order valence-corrected chi connectivity index (χ0v) is 12.4. The number of carbonyl (C=O) groups is 1. The average Bonchev–Trinajstić information content (AvgIpc) is 2.90. The summed E-state index contributed by atoms with van der Waals surface area (Å²) in [5.41, 5.74) is 5.48. The molecule has 0 aromatic carbocycles. The molecule has 1 aliphatic carbocycles. The summed E-state index contributed by atoms with van der Waals surface area (Å²) in [4.78, 5) is 18.6. The predicted octanol–water partition coefficient (Wildman–Crippen LogP) is 1.66. The number of aromatic nitrogens is 3. The molecule has 2 aliphatic rings. The standard InChI is InChI=1S/C13H21N5OS/c14-12-15-13(17-16-12)20-8-11(19)18-7-3-5-9-4-1-2-6-10(9)18/h9-10H,1-8H2,(H3,14,15,16,17)/t9-,10-/m0/s1. The Balaban J connectivity index is 1.58. The van der Waals surface area contributed by atoms with Gasteiger partial charge < -0.3 is 10.6 Å². The topological polar surface area (TPSA) is 87.9 Å². The highest BCUT2D eigenvalue weighted by Gasteiger charge is 2.35. The Morgan fingerprint density at radius 2 is 2.15 bits per heavy atom. The number of amides is 1. The van der Waals surface area contributed by atoms with Crippen LogP contribution in [0.3, 0.4) is 0 Å². The van der Waals surface area contributed by atoms with Crippen molar-refractivity contribution in [3.63, 3.8) is 0 Å². The number of likely N-dealkylation sites (tertiary alicyclic amines) is 1. The van der Waals surface area contributed by atoms with Crippen LogP contribution in [0.15, 0.2) is 5.16 Å². The smallest absolute Gasteiger partial charge is 0.233 e. The van der Waals surface area contributed by atoms with Crippen molar-refractivity contribution in [3.8, 4) is 0 Å². The van der Waals surface area contributed by atoms with Crippen LogP contribution in [-0.2, 0) is 4.79 Å². The van der Waals surface area contributed by atoms with Crippen LogP contribution in [0.2, 0.25) is 0 Å². The number of aromatic amines is 1. The second-order valence-corrected chi connectivity index (χ2v) is 6.58. The number of rotatable bonds is 3. The fourth-order valence-electron chi connectivity index (χ4n) is 3.47. The molecule has 1 amide bonds. The molecule has 0 spiro atoms. The SMILES string of the molecule is Nc1nc(SCC(=O)N2CCC[C@@H]3CCCC[C@@H]32)n[nH]1. The van der Waals surface area contributed by atoms with Crippen molar-refractivity contribution in [2.24, 2.45) is 5.92 Å². The number of nitrogens with one attached hydrogen (secondary N) is 1. The molecule has 7 heteroatoms. The molecule has 110 valence electrons. The van der Waals surface area contributed by atoms with Crippen LogP contribution < -0.4 is 5.73 Å². The van der Waals surface area contributed by atoms with Gasteiger partial charge in [-0.2, -0.15) is 4.98 Å². The molecule has 3 rings (SSSR count). The number of nitrogen functional groups attached to an aromatic ring is 1. The van der Waals surface area contributed by atoms with Gasteiger partial charge in [0.2, 0.25) is 17.0 Å². The minimum absolute atomic E-state index is 0.218.